The number of thioether (sulfide) groups is 1. The molecule has 0 heterocycles. The van der Waals surface area contributed by atoms with Crippen LogP contribution in [0.1, 0.15) is 0 Å². The Hall–Kier alpha value is -1.53. The Morgan fingerprint density at radius 2 is 1.79 bits per heavy atom. The first kappa shape index (κ1) is 13.9. The number of nitrogens with one attached hydrogen (secondary N) is 1. The van der Waals surface area contributed by atoms with E-state index in [9.17, 15) is 12.8 Å². The Morgan fingerprint density at radius 1 is 1.11 bits per heavy atom. The van der Waals surface area contributed by atoms with Crippen molar-refractivity contribution in [2.75, 3.05) is 11.0 Å². The summed E-state index contributed by atoms with van der Waals surface area (Å²) in [6, 6.07) is 11.9. The van der Waals surface area contributed by atoms with Crippen molar-refractivity contribution in [3.8, 4) is 0 Å². The zero-order chi connectivity index (χ0) is 13.9. The van der Waals surface area contributed by atoms with Crippen molar-refractivity contribution < 1.29 is 12.8 Å². The van der Waals surface area contributed by atoms with Crippen LogP contribution < -0.4 is 4.72 Å². The molecular formula is C13H12FNO2S2. The van der Waals surface area contributed by atoms with Gasteiger partial charge in [-0.2, -0.15) is 0 Å². The minimum atomic E-state index is -3.75. The topological polar surface area (TPSA) is 46.2 Å². The molecule has 2 rings (SSSR count). The van der Waals surface area contributed by atoms with Gasteiger partial charge in [0.1, 0.15) is 5.82 Å². The summed E-state index contributed by atoms with van der Waals surface area (Å²) in [5.74, 6) is -0.583. The largest absolute Gasteiger partial charge is 0.280 e. The van der Waals surface area contributed by atoms with E-state index >= 15 is 0 Å². The highest BCUT2D eigenvalue weighted by Crippen LogP contribution is 2.20. The number of benzene rings is 2. The Kier molecular flexibility index (Phi) is 4.11. The molecule has 0 spiro atoms. The predicted octanol–water partition coefficient (Wildman–Crippen LogP) is 3.35. The molecule has 0 aromatic heterocycles. The molecule has 2 aromatic rings. The molecule has 0 bridgehead atoms. The Bertz CT molecular complexity index is 669. The average molecular weight is 297 g/mol. The second kappa shape index (κ2) is 5.63. The van der Waals surface area contributed by atoms with Gasteiger partial charge in [0.2, 0.25) is 0 Å². The van der Waals surface area contributed by atoms with Gasteiger partial charge in [0, 0.05) is 10.6 Å². The average Bonchev–Trinajstić information content (AvgIpc) is 2.39. The van der Waals surface area contributed by atoms with E-state index in [4.69, 9.17) is 0 Å². The Morgan fingerprint density at radius 3 is 2.37 bits per heavy atom. The molecular weight excluding hydrogens is 285 g/mol. The molecule has 19 heavy (non-hydrogen) atoms. The minimum absolute atomic E-state index is 0.0959. The lowest BCUT2D eigenvalue weighted by molar-refractivity contribution is 0.595. The van der Waals surface area contributed by atoms with Crippen molar-refractivity contribution in [3.05, 3.63) is 54.3 Å². The third-order valence-electron chi connectivity index (χ3n) is 2.45. The van der Waals surface area contributed by atoms with Crippen LogP contribution in [-0.4, -0.2) is 14.7 Å². The number of sulfonamides is 1. The Labute approximate surface area is 115 Å². The zero-order valence-electron chi connectivity index (χ0n) is 10.1. The molecule has 0 atom stereocenters. The zero-order valence-corrected chi connectivity index (χ0v) is 11.8. The molecule has 0 aliphatic rings. The van der Waals surface area contributed by atoms with Crippen molar-refractivity contribution in [2.45, 2.75) is 9.79 Å². The molecule has 0 saturated heterocycles. The lowest BCUT2D eigenvalue weighted by atomic mass is 10.3. The van der Waals surface area contributed by atoms with Crippen LogP contribution in [0.4, 0.5) is 10.1 Å². The lowest BCUT2D eigenvalue weighted by Crippen LogP contribution is -2.13. The van der Waals surface area contributed by atoms with Gasteiger partial charge in [-0.3, -0.25) is 4.72 Å². The van der Waals surface area contributed by atoms with Gasteiger partial charge < -0.3 is 0 Å². The predicted molar refractivity (Wildman–Crippen MR) is 75.4 cm³/mol. The van der Waals surface area contributed by atoms with E-state index < -0.39 is 15.8 Å². The molecule has 3 nitrogen and oxygen atoms in total. The number of rotatable bonds is 4. The maximum absolute atomic E-state index is 13.0. The van der Waals surface area contributed by atoms with Crippen LogP contribution in [0.2, 0.25) is 0 Å². The third-order valence-corrected chi connectivity index (χ3v) is 4.57. The lowest BCUT2D eigenvalue weighted by Gasteiger charge is -2.08. The van der Waals surface area contributed by atoms with Gasteiger partial charge in [-0.1, -0.05) is 6.07 Å². The second-order valence-corrected chi connectivity index (χ2v) is 6.35. The normalized spacial score (nSPS) is 11.3. The maximum atomic E-state index is 13.0. The van der Waals surface area contributed by atoms with E-state index in [1.807, 2.05) is 18.4 Å². The van der Waals surface area contributed by atoms with Crippen molar-refractivity contribution in [2.24, 2.45) is 0 Å². The van der Waals surface area contributed by atoms with Crippen molar-refractivity contribution >= 4 is 27.5 Å². The summed E-state index contributed by atoms with van der Waals surface area (Å²) in [5, 5.41) is 0. The summed E-state index contributed by atoms with van der Waals surface area (Å²) < 4.78 is 39.5. The summed E-state index contributed by atoms with van der Waals surface area (Å²) >= 11 is 1.57. The fourth-order valence-corrected chi connectivity index (χ4v) is 3.01. The third kappa shape index (κ3) is 3.48. The number of halogens is 1. The second-order valence-electron chi connectivity index (χ2n) is 3.79. The summed E-state index contributed by atoms with van der Waals surface area (Å²) in [5.41, 5.74) is 0.446. The van der Waals surface area contributed by atoms with Crippen molar-refractivity contribution in [1.29, 1.82) is 0 Å². The van der Waals surface area contributed by atoms with Crippen LogP contribution in [0.3, 0.4) is 0 Å². The van der Waals surface area contributed by atoms with E-state index in [0.29, 0.717) is 5.69 Å². The molecule has 0 aliphatic heterocycles. The van der Waals surface area contributed by atoms with Crippen molar-refractivity contribution in [1.82, 2.24) is 0 Å². The summed E-state index contributed by atoms with van der Waals surface area (Å²) in [6.07, 6.45) is 1.94. The van der Waals surface area contributed by atoms with Crippen LogP contribution in [0, 0.1) is 5.82 Å². The van der Waals surface area contributed by atoms with Gasteiger partial charge in [-0.05, 0) is 48.7 Å². The minimum Gasteiger partial charge on any atom is -0.280 e. The van der Waals surface area contributed by atoms with Gasteiger partial charge in [0.05, 0.1) is 4.90 Å². The molecule has 2 aromatic carbocycles. The van der Waals surface area contributed by atoms with Gasteiger partial charge >= 0.3 is 0 Å². The monoisotopic (exact) mass is 297 g/mol. The van der Waals surface area contributed by atoms with Gasteiger partial charge in [-0.25, -0.2) is 12.8 Å². The van der Waals surface area contributed by atoms with E-state index in [1.54, 1.807) is 23.9 Å². The molecule has 0 saturated carbocycles. The van der Waals surface area contributed by atoms with Gasteiger partial charge in [0.15, 0.2) is 0 Å². The molecule has 6 heteroatoms. The standard InChI is InChI=1S/C13H12FNO2S2/c1-18-12-7-5-11(6-8-12)15-19(16,17)13-4-2-3-10(14)9-13/h2-9,15H,1H3. The first-order chi connectivity index (χ1) is 9.01. The fourth-order valence-electron chi connectivity index (χ4n) is 1.51. The molecule has 100 valence electrons. The van der Waals surface area contributed by atoms with Crippen LogP contribution in [-0.2, 0) is 10.0 Å². The fraction of sp³-hybridized carbons (Fsp3) is 0.0769. The van der Waals surface area contributed by atoms with Crippen LogP contribution in [0.25, 0.3) is 0 Å². The number of hydrogen-bond acceptors (Lipinski definition) is 3. The molecule has 0 unspecified atom stereocenters. The van der Waals surface area contributed by atoms with Crippen LogP contribution in [0.15, 0.2) is 58.3 Å². The maximum Gasteiger partial charge on any atom is 0.261 e. The summed E-state index contributed by atoms with van der Waals surface area (Å²) in [4.78, 5) is 0.940. The van der Waals surface area contributed by atoms with Gasteiger partial charge in [0.25, 0.3) is 10.0 Å². The molecule has 1 N–H and O–H groups in total. The number of anilines is 1. The first-order valence-corrected chi connectivity index (χ1v) is 8.14. The summed E-state index contributed by atoms with van der Waals surface area (Å²) in [7, 11) is -3.75. The SMILES string of the molecule is CSc1ccc(NS(=O)(=O)c2cccc(F)c2)cc1. The van der Waals surface area contributed by atoms with E-state index in [2.05, 4.69) is 4.72 Å². The number of hydrogen-bond donors (Lipinski definition) is 1. The molecule has 0 aliphatic carbocycles. The van der Waals surface area contributed by atoms with E-state index in [-0.39, 0.29) is 4.90 Å². The summed E-state index contributed by atoms with van der Waals surface area (Å²) in [6.45, 7) is 0. The van der Waals surface area contributed by atoms with E-state index in [0.717, 1.165) is 11.0 Å². The first-order valence-electron chi connectivity index (χ1n) is 5.44. The molecule has 0 fully saturated rings. The van der Waals surface area contributed by atoms with Crippen molar-refractivity contribution in [3.63, 3.8) is 0 Å². The van der Waals surface area contributed by atoms with Gasteiger partial charge in [-0.15, -0.1) is 11.8 Å². The molecule has 0 radical (unpaired) electrons. The smallest absolute Gasteiger partial charge is 0.261 e. The highest BCUT2D eigenvalue weighted by molar-refractivity contribution is 7.98. The Balaban J connectivity index is 2.25. The van der Waals surface area contributed by atoms with Crippen LogP contribution in [0.5, 0.6) is 0 Å². The van der Waals surface area contributed by atoms with E-state index in [1.165, 1.54) is 18.2 Å². The highest BCUT2D eigenvalue weighted by Gasteiger charge is 2.14. The quantitative estimate of drug-likeness (QED) is 0.880. The highest BCUT2D eigenvalue weighted by atomic mass is 32.2. The molecule has 0 amide bonds. The van der Waals surface area contributed by atoms with Crippen LogP contribution >= 0.6 is 11.8 Å².